The van der Waals surface area contributed by atoms with Crippen LogP contribution < -0.4 is 10.0 Å². The van der Waals surface area contributed by atoms with Crippen LogP contribution >= 0.6 is 11.3 Å². The zero-order valence-corrected chi connectivity index (χ0v) is 18.1. The van der Waals surface area contributed by atoms with Gasteiger partial charge in [0.2, 0.25) is 5.91 Å². The molecule has 1 saturated carbocycles. The van der Waals surface area contributed by atoms with Gasteiger partial charge in [-0.05, 0) is 50.5 Å². The molecule has 2 aromatic heterocycles. The first kappa shape index (κ1) is 20.6. The summed E-state index contributed by atoms with van der Waals surface area (Å²) >= 11 is 1.34. The van der Waals surface area contributed by atoms with Crippen LogP contribution in [0, 0.1) is 5.82 Å². The third-order valence-electron chi connectivity index (χ3n) is 4.91. The average molecular weight is 445 g/mol. The number of anilines is 2. The summed E-state index contributed by atoms with van der Waals surface area (Å²) in [5, 5.41) is 5.48. The van der Waals surface area contributed by atoms with Gasteiger partial charge in [0.15, 0.2) is 5.13 Å². The van der Waals surface area contributed by atoms with Gasteiger partial charge in [-0.1, -0.05) is 12.1 Å². The second-order valence-corrected chi connectivity index (χ2v) is 10.0. The Morgan fingerprint density at radius 2 is 1.93 bits per heavy atom. The molecule has 0 radical (unpaired) electrons. The number of amides is 1. The minimum Gasteiger partial charge on any atom is -0.325 e. The first-order valence-corrected chi connectivity index (χ1v) is 11.6. The number of pyridine rings is 1. The largest absolute Gasteiger partial charge is 0.325 e. The van der Waals surface area contributed by atoms with Crippen molar-refractivity contribution in [1.29, 1.82) is 0 Å². The fourth-order valence-electron chi connectivity index (χ4n) is 2.78. The van der Waals surface area contributed by atoms with Gasteiger partial charge in [-0.25, -0.2) is 13.6 Å². The van der Waals surface area contributed by atoms with Gasteiger partial charge in [-0.15, -0.1) is 11.3 Å². The Balaban J connectivity index is 1.43. The predicted octanol–water partition coefficient (Wildman–Crippen LogP) is 4.50. The number of benzene rings is 1. The number of hydrogen-bond donors (Lipinski definition) is 2. The van der Waals surface area contributed by atoms with Crippen molar-refractivity contribution in [3.63, 3.8) is 0 Å². The van der Waals surface area contributed by atoms with Crippen LogP contribution in [0.2, 0.25) is 0 Å². The van der Waals surface area contributed by atoms with Gasteiger partial charge in [0.1, 0.15) is 16.8 Å². The summed E-state index contributed by atoms with van der Waals surface area (Å²) < 4.78 is 28.3. The maximum atomic E-state index is 13.4. The molecule has 9 heteroatoms. The molecule has 1 amide bonds. The van der Waals surface area contributed by atoms with Crippen molar-refractivity contribution in [3.05, 3.63) is 59.6 Å². The van der Waals surface area contributed by atoms with E-state index in [2.05, 4.69) is 20.0 Å². The highest BCUT2D eigenvalue weighted by atomic mass is 32.2. The maximum Gasteiger partial charge on any atom is 0.236 e. The third kappa shape index (κ3) is 4.57. The van der Waals surface area contributed by atoms with Gasteiger partial charge in [0.05, 0.1) is 22.6 Å². The van der Waals surface area contributed by atoms with E-state index < -0.39 is 22.2 Å². The smallest absolute Gasteiger partial charge is 0.236 e. The highest BCUT2D eigenvalue weighted by molar-refractivity contribution is 7.87. The summed E-state index contributed by atoms with van der Waals surface area (Å²) in [5.41, 5.74) is 1.84. The maximum absolute atomic E-state index is 13.4. The molecule has 156 valence electrons. The molecule has 0 bridgehead atoms. The van der Waals surface area contributed by atoms with Crippen LogP contribution in [0.4, 0.5) is 15.2 Å². The molecule has 1 unspecified atom stereocenters. The predicted molar refractivity (Wildman–Crippen MR) is 118 cm³/mol. The van der Waals surface area contributed by atoms with Crippen molar-refractivity contribution < 1.29 is 13.4 Å². The Hall–Kier alpha value is -2.65. The van der Waals surface area contributed by atoms with Crippen LogP contribution in [-0.4, -0.2) is 25.3 Å². The first-order chi connectivity index (χ1) is 14.3. The number of nitrogens with zero attached hydrogens (tertiary/aromatic N) is 2. The number of aromatic nitrogens is 2. The van der Waals surface area contributed by atoms with Crippen LogP contribution in [0.15, 0.2) is 48.1 Å². The number of carbonyl (C=O) groups is 1. The van der Waals surface area contributed by atoms with Crippen LogP contribution in [0.3, 0.4) is 0 Å². The summed E-state index contributed by atoms with van der Waals surface area (Å²) in [6.07, 6.45) is 4.69. The van der Waals surface area contributed by atoms with E-state index in [9.17, 15) is 13.4 Å². The molecule has 4 rings (SSSR count). The third-order valence-corrected chi connectivity index (χ3v) is 7.27. The highest BCUT2D eigenvalue weighted by Gasteiger charge is 2.33. The van der Waals surface area contributed by atoms with E-state index in [4.69, 9.17) is 0 Å². The van der Waals surface area contributed by atoms with Crippen molar-refractivity contribution in [2.45, 2.75) is 37.4 Å². The highest BCUT2D eigenvalue weighted by Crippen LogP contribution is 2.31. The molecule has 0 spiro atoms. The van der Waals surface area contributed by atoms with Crippen molar-refractivity contribution in [2.24, 2.45) is 0 Å². The topological polar surface area (TPSA) is 84.0 Å². The molecule has 3 aromatic rings. The Morgan fingerprint density at radius 3 is 2.60 bits per heavy atom. The average Bonchev–Trinajstić information content (AvgIpc) is 3.47. The summed E-state index contributed by atoms with van der Waals surface area (Å²) in [6.45, 7) is 3.59. The second-order valence-electron chi connectivity index (χ2n) is 7.69. The number of carbonyl (C=O) groups excluding carboxylic acids is 1. The fourth-order valence-corrected chi connectivity index (χ4v) is 4.89. The van der Waals surface area contributed by atoms with Gasteiger partial charge >= 0.3 is 0 Å². The number of thiazole rings is 1. The summed E-state index contributed by atoms with van der Waals surface area (Å²) in [5.74, 6) is -0.604. The van der Waals surface area contributed by atoms with E-state index in [1.807, 2.05) is 5.38 Å². The molecule has 1 fully saturated rings. The molecule has 2 N–H and O–H groups in total. The number of halogens is 1. The van der Waals surface area contributed by atoms with Gasteiger partial charge in [-0.3, -0.25) is 14.5 Å². The lowest BCUT2D eigenvalue weighted by molar-refractivity contribution is -0.120. The van der Waals surface area contributed by atoms with Crippen LogP contribution in [0.25, 0.3) is 11.1 Å². The molecule has 0 aliphatic heterocycles. The van der Waals surface area contributed by atoms with Gasteiger partial charge in [0.25, 0.3) is 0 Å². The van der Waals surface area contributed by atoms with Gasteiger partial charge in [0, 0.05) is 22.8 Å². The summed E-state index contributed by atoms with van der Waals surface area (Å²) in [6, 6.07) is 8.55. The molecule has 30 heavy (non-hydrogen) atoms. The van der Waals surface area contributed by atoms with Gasteiger partial charge < -0.3 is 5.32 Å². The number of nitrogens with one attached hydrogen (secondary N) is 2. The first-order valence-electron chi connectivity index (χ1n) is 9.48. The molecule has 1 aliphatic carbocycles. The normalized spacial score (nSPS) is 14.9. The molecular weight excluding hydrogens is 423 g/mol. The van der Waals surface area contributed by atoms with Crippen molar-refractivity contribution in [3.8, 4) is 11.1 Å². The SMILES string of the molecule is CC(C)(C(=O)Nc1ccc(-c2cncc(F)c2)cc1)c1csc(NS(=O)C2CC2)n1. The summed E-state index contributed by atoms with van der Waals surface area (Å²) in [7, 11) is -1.12. The minimum atomic E-state index is -1.12. The van der Waals surface area contributed by atoms with Crippen LogP contribution in [-0.2, 0) is 21.2 Å². The standard InChI is InChI=1S/C21H21FN4O2S2/c1-21(2,18-12-29-20(25-18)26-30(28)17-7-8-17)19(27)24-16-5-3-13(4-6-16)14-9-15(22)11-23-10-14/h3-6,9-12,17H,7-8H2,1-2H3,(H,24,27)(H,25,26). The Kier molecular flexibility index (Phi) is 5.66. The van der Waals surface area contributed by atoms with Crippen LogP contribution in [0.5, 0.6) is 0 Å². The van der Waals surface area contributed by atoms with Gasteiger partial charge in [-0.2, -0.15) is 0 Å². The molecule has 1 aromatic carbocycles. The molecule has 1 aliphatic rings. The number of rotatable bonds is 7. The van der Waals surface area contributed by atoms with E-state index in [1.165, 1.54) is 17.4 Å². The van der Waals surface area contributed by atoms with E-state index in [1.54, 1.807) is 44.3 Å². The second kappa shape index (κ2) is 8.23. The van der Waals surface area contributed by atoms with Crippen molar-refractivity contribution in [1.82, 2.24) is 9.97 Å². The quantitative estimate of drug-likeness (QED) is 0.562. The fraction of sp³-hybridized carbons (Fsp3) is 0.286. The lowest BCUT2D eigenvalue weighted by atomic mass is 9.89. The zero-order chi connectivity index (χ0) is 21.3. The summed E-state index contributed by atoms with van der Waals surface area (Å²) in [4.78, 5) is 21.2. The Morgan fingerprint density at radius 1 is 1.20 bits per heavy atom. The molecule has 1 atom stereocenters. The van der Waals surface area contributed by atoms with E-state index in [0.717, 1.165) is 24.6 Å². The molecule has 2 heterocycles. The lowest BCUT2D eigenvalue weighted by Gasteiger charge is -2.21. The Bertz CT molecular complexity index is 1090. The molecule has 0 saturated heterocycles. The van der Waals surface area contributed by atoms with Crippen molar-refractivity contribution in [2.75, 3.05) is 10.0 Å². The monoisotopic (exact) mass is 444 g/mol. The molecule has 6 nitrogen and oxygen atoms in total. The minimum absolute atomic E-state index is 0.206. The Labute approximate surface area is 180 Å². The number of hydrogen-bond acceptors (Lipinski definition) is 5. The lowest BCUT2D eigenvalue weighted by Crippen LogP contribution is -2.35. The zero-order valence-electron chi connectivity index (χ0n) is 16.5. The molecular formula is C21H21FN4O2S2. The van der Waals surface area contributed by atoms with E-state index >= 15 is 0 Å². The van der Waals surface area contributed by atoms with Crippen LogP contribution in [0.1, 0.15) is 32.4 Å². The van der Waals surface area contributed by atoms with E-state index in [-0.39, 0.29) is 11.2 Å². The van der Waals surface area contributed by atoms with E-state index in [0.29, 0.717) is 22.1 Å². The van der Waals surface area contributed by atoms with Crippen molar-refractivity contribution >= 4 is 39.0 Å².